The number of likely N-dealkylation sites (tertiary alicyclic amines) is 1. The fourth-order valence-electron chi connectivity index (χ4n) is 3.11. The van der Waals surface area contributed by atoms with Crippen molar-refractivity contribution in [3.63, 3.8) is 0 Å². The van der Waals surface area contributed by atoms with Crippen LogP contribution in [0.15, 0.2) is 23.0 Å². The molecular formula is C15H21N3O2. The number of methoxy groups -OCH3 is 1. The fourth-order valence-corrected chi connectivity index (χ4v) is 3.11. The topological polar surface area (TPSA) is 50.3 Å². The average molecular weight is 275 g/mol. The summed E-state index contributed by atoms with van der Waals surface area (Å²) in [6, 6.07) is 6.46. The second kappa shape index (κ2) is 4.98. The summed E-state index contributed by atoms with van der Waals surface area (Å²) in [5.41, 5.74) is 1.69. The molecule has 0 amide bonds. The highest BCUT2D eigenvalue weighted by Crippen LogP contribution is 2.29. The van der Waals surface area contributed by atoms with Crippen molar-refractivity contribution >= 4 is 11.0 Å². The third-order valence-electron chi connectivity index (χ3n) is 4.21. The summed E-state index contributed by atoms with van der Waals surface area (Å²) >= 11 is 0. The van der Waals surface area contributed by atoms with Gasteiger partial charge in [-0.15, -0.1) is 0 Å². The summed E-state index contributed by atoms with van der Waals surface area (Å²) < 4.78 is 7.29. The van der Waals surface area contributed by atoms with E-state index in [2.05, 4.69) is 23.7 Å². The SMILES string of the molecule is COc1cccc2[nH]c(=O)n(C3CCN(C(C)C)C3)c12. The van der Waals surface area contributed by atoms with Gasteiger partial charge in [-0.25, -0.2) is 4.79 Å². The Morgan fingerprint density at radius 3 is 2.85 bits per heavy atom. The molecule has 1 aliphatic heterocycles. The van der Waals surface area contributed by atoms with E-state index in [1.54, 1.807) is 7.11 Å². The molecule has 0 bridgehead atoms. The van der Waals surface area contributed by atoms with Crippen molar-refractivity contribution in [1.82, 2.24) is 14.5 Å². The summed E-state index contributed by atoms with van der Waals surface area (Å²) in [7, 11) is 1.64. The van der Waals surface area contributed by atoms with Crippen LogP contribution in [-0.4, -0.2) is 40.7 Å². The Kier molecular flexibility index (Phi) is 3.30. The molecular weight excluding hydrogens is 254 g/mol. The van der Waals surface area contributed by atoms with Crippen molar-refractivity contribution in [3.05, 3.63) is 28.7 Å². The molecule has 1 saturated heterocycles. The summed E-state index contributed by atoms with van der Waals surface area (Å²) in [6.07, 6.45) is 1.00. The Morgan fingerprint density at radius 2 is 2.20 bits per heavy atom. The number of fused-ring (bicyclic) bond motifs is 1. The maximum atomic E-state index is 12.3. The Labute approximate surface area is 118 Å². The van der Waals surface area contributed by atoms with E-state index in [4.69, 9.17) is 4.74 Å². The van der Waals surface area contributed by atoms with Gasteiger partial charge in [0, 0.05) is 19.1 Å². The maximum absolute atomic E-state index is 12.3. The number of ether oxygens (including phenoxy) is 1. The predicted molar refractivity (Wildman–Crippen MR) is 79.5 cm³/mol. The molecule has 0 saturated carbocycles. The lowest BCUT2D eigenvalue weighted by Gasteiger charge is -2.20. The molecule has 2 heterocycles. The van der Waals surface area contributed by atoms with Crippen molar-refractivity contribution in [3.8, 4) is 5.75 Å². The number of imidazole rings is 1. The van der Waals surface area contributed by atoms with E-state index < -0.39 is 0 Å². The zero-order valence-electron chi connectivity index (χ0n) is 12.2. The standard InChI is InChI=1S/C15H21N3O2/c1-10(2)17-8-7-11(9-17)18-14-12(16-15(18)19)5-4-6-13(14)20-3/h4-6,10-11H,7-9H2,1-3H3,(H,16,19). The largest absolute Gasteiger partial charge is 0.494 e. The van der Waals surface area contributed by atoms with Crippen LogP contribution in [0, 0.1) is 0 Å². The first-order valence-corrected chi connectivity index (χ1v) is 7.13. The van der Waals surface area contributed by atoms with Gasteiger partial charge in [-0.3, -0.25) is 9.47 Å². The molecule has 20 heavy (non-hydrogen) atoms. The van der Waals surface area contributed by atoms with Crippen molar-refractivity contribution in [1.29, 1.82) is 0 Å². The second-order valence-corrected chi connectivity index (χ2v) is 5.69. The van der Waals surface area contributed by atoms with E-state index in [9.17, 15) is 4.79 Å². The van der Waals surface area contributed by atoms with Crippen molar-refractivity contribution < 1.29 is 4.74 Å². The number of benzene rings is 1. The minimum Gasteiger partial charge on any atom is -0.494 e. The zero-order valence-corrected chi connectivity index (χ0v) is 12.2. The van der Waals surface area contributed by atoms with Gasteiger partial charge in [0.05, 0.1) is 18.7 Å². The predicted octanol–water partition coefficient (Wildman–Crippen LogP) is 1.99. The molecule has 0 aliphatic carbocycles. The second-order valence-electron chi connectivity index (χ2n) is 5.69. The van der Waals surface area contributed by atoms with E-state index in [1.807, 2.05) is 22.8 Å². The number of nitrogens with zero attached hydrogens (tertiary/aromatic N) is 2. The maximum Gasteiger partial charge on any atom is 0.326 e. The Morgan fingerprint density at radius 1 is 1.40 bits per heavy atom. The van der Waals surface area contributed by atoms with Gasteiger partial charge < -0.3 is 9.72 Å². The number of rotatable bonds is 3. The molecule has 5 nitrogen and oxygen atoms in total. The highest BCUT2D eigenvalue weighted by atomic mass is 16.5. The zero-order chi connectivity index (χ0) is 14.3. The molecule has 108 valence electrons. The summed E-state index contributed by atoms with van der Waals surface area (Å²) in [6.45, 7) is 6.35. The highest BCUT2D eigenvalue weighted by molar-refractivity contribution is 5.82. The van der Waals surface area contributed by atoms with Crippen molar-refractivity contribution in [2.75, 3.05) is 20.2 Å². The van der Waals surface area contributed by atoms with Gasteiger partial charge in [-0.1, -0.05) is 6.07 Å². The first-order valence-electron chi connectivity index (χ1n) is 7.13. The lowest BCUT2D eigenvalue weighted by atomic mass is 10.2. The summed E-state index contributed by atoms with van der Waals surface area (Å²) in [5.74, 6) is 0.754. The Hall–Kier alpha value is -1.75. The molecule has 1 atom stereocenters. The molecule has 1 aromatic heterocycles. The van der Waals surface area contributed by atoms with Crippen LogP contribution in [0.4, 0.5) is 0 Å². The van der Waals surface area contributed by atoms with Gasteiger partial charge in [0.1, 0.15) is 11.3 Å². The molecule has 1 unspecified atom stereocenters. The minimum absolute atomic E-state index is 0.0416. The van der Waals surface area contributed by atoms with Crippen molar-refractivity contribution in [2.24, 2.45) is 0 Å². The highest BCUT2D eigenvalue weighted by Gasteiger charge is 2.28. The minimum atomic E-state index is -0.0416. The van der Waals surface area contributed by atoms with Gasteiger partial charge in [0.25, 0.3) is 0 Å². The molecule has 3 rings (SSSR count). The van der Waals surface area contributed by atoms with Crippen LogP contribution in [0.2, 0.25) is 0 Å². The first kappa shape index (κ1) is 13.2. The van der Waals surface area contributed by atoms with Crippen LogP contribution < -0.4 is 10.4 Å². The van der Waals surface area contributed by atoms with E-state index in [1.165, 1.54) is 0 Å². The molecule has 1 fully saturated rings. The van der Waals surface area contributed by atoms with Gasteiger partial charge in [0.15, 0.2) is 0 Å². The van der Waals surface area contributed by atoms with Crippen LogP contribution in [0.25, 0.3) is 11.0 Å². The van der Waals surface area contributed by atoms with Gasteiger partial charge in [-0.05, 0) is 32.4 Å². The summed E-state index contributed by atoms with van der Waals surface area (Å²) in [4.78, 5) is 17.6. The summed E-state index contributed by atoms with van der Waals surface area (Å²) in [5, 5.41) is 0. The Balaban J connectivity index is 2.08. The number of aromatic nitrogens is 2. The number of hydrogen-bond acceptors (Lipinski definition) is 3. The van der Waals surface area contributed by atoms with E-state index >= 15 is 0 Å². The smallest absolute Gasteiger partial charge is 0.326 e. The Bertz CT molecular complexity index is 671. The lowest BCUT2D eigenvalue weighted by molar-refractivity contribution is 0.265. The number of hydrogen-bond donors (Lipinski definition) is 1. The quantitative estimate of drug-likeness (QED) is 0.932. The molecule has 5 heteroatoms. The van der Waals surface area contributed by atoms with E-state index in [0.717, 1.165) is 36.3 Å². The average Bonchev–Trinajstić information content (AvgIpc) is 3.01. The van der Waals surface area contributed by atoms with Crippen LogP contribution in [0.1, 0.15) is 26.3 Å². The third kappa shape index (κ3) is 2.02. The lowest BCUT2D eigenvalue weighted by Crippen LogP contribution is -2.30. The normalized spacial score (nSPS) is 20.1. The van der Waals surface area contributed by atoms with Crippen LogP contribution in [0.3, 0.4) is 0 Å². The molecule has 2 aromatic rings. The molecule has 1 aliphatic rings. The first-order chi connectivity index (χ1) is 9.61. The van der Waals surface area contributed by atoms with Gasteiger partial charge in [-0.2, -0.15) is 0 Å². The van der Waals surface area contributed by atoms with Gasteiger partial charge >= 0.3 is 5.69 Å². The fraction of sp³-hybridized carbons (Fsp3) is 0.533. The van der Waals surface area contributed by atoms with E-state index in [-0.39, 0.29) is 11.7 Å². The molecule has 0 radical (unpaired) electrons. The monoisotopic (exact) mass is 275 g/mol. The number of H-pyrrole nitrogens is 1. The number of nitrogens with one attached hydrogen (secondary N) is 1. The molecule has 1 N–H and O–H groups in total. The van der Waals surface area contributed by atoms with Gasteiger partial charge in [0.2, 0.25) is 0 Å². The molecule has 1 aromatic carbocycles. The molecule has 0 spiro atoms. The third-order valence-corrected chi connectivity index (χ3v) is 4.21. The number of para-hydroxylation sites is 1. The van der Waals surface area contributed by atoms with Crippen LogP contribution >= 0.6 is 0 Å². The number of aromatic amines is 1. The van der Waals surface area contributed by atoms with E-state index in [0.29, 0.717) is 6.04 Å². The van der Waals surface area contributed by atoms with Crippen molar-refractivity contribution in [2.45, 2.75) is 32.4 Å². The van der Waals surface area contributed by atoms with Crippen LogP contribution in [0.5, 0.6) is 5.75 Å². The van der Waals surface area contributed by atoms with Crippen LogP contribution in [-0.2, 0) is 0 Å².